The molecule has 0 aromatic heterocycles. The van der Waals surface area contributed by atoms with Gasteiger partial charge in [0.1, 0.15) is 0 Å². The summed E-state index contributed by atoms with van der Waals surface area (Å²) in [7, 11) is 4.41. The van der Waals surface area contributed by atoms with Gasteiger partial charge < -0.3 is 4.90 Å². The van der Waals surface area contributed by atoms with E-state index in [1.165, 1.54) is 5.56 Å². The summed E-state index contributed by atoms with van der Waals surface area (Å²) in [5.41, 5.74) is 1.92. The molecule has 2 fully saturated rings. The lowest BCUT2D eigenvalue weighted by atomic mass is 9.64. The normalized spacial score (nSPS) is 30.5. The summed E-state index contributed by atoms with van der Waals surface area (Å²) in [6.07, 6.45) is 5.32. The minimum Gasteiger partial charge on any atom is -0.342 e. The van der Waals surface area contributed by atoms with Crippen molar-refractivity contribution in [1.29, 1.82) is 0 Å². The van der Waals surface area contributed by atoms with E-state index in [1.54, 1.807) is 0 Å². The van der Waals surface area contributed by atoms with Gasteiger partial charge in [-0.1, -0.05) is 51.1 Å². The zero-order chi connectivity index (χ0) is 18.3. The minimum atomic E-state index is 0.118. The number of carbonyl (C=O) groups is 1. The van der Waals surface area contributed by atoms with Crippen LogP contribution in [0.1, 0.15) is 58.4 Å². The lowest BCUT2D eigenvalue weighted by molar-refractivity contribution is -0.128. The molecule has 1 spiro atoms. The quantitative estimate of drug-likeness (QED) is 0.818. The van der Waals surface area contributed by atoms with E-state index in [0.29, 0.717) is 5.91 Å². The Hall–Kier alpha value is -1.35. The minimum absolute atomic E-state index is 0.118. The first kappa shape index (κ1) is 18.4. The zero-order valence-corrected chi connectivity index (χ0v) is 16.6. The number of rotatable bonds is 3. The molecule has 0 radical (unpaired) electrons. The average Bonchev–Trinajstić information content (AvgIpc) is 2.82. The Morgan fingerprint density at radius 3 is 2.16 bits per heavy atom. The van der Waals surface area contributed by atoms with E-state index in [0.717, 1.165) is 45.2 Å². The lowest BCUT2D eigenvalue weighted by Crippen LogP contribution is -2.47. The summed E-state index contributed by atoms with van der Waals surface area (Å²) in [6, 6.07) is 10.9. The molecule has 0 atom stereocenters. The van der Waals surface area contributed by atoms with Gasteiger partial charge in [-0.15, -0.1) is 0 Å². The summed E-state index contributed by atoms with van der Waals surface area (Å²) in [5, 5.41) is 0. The van der Waals surface area contributed by atoms with Crippen LogP contribution in [-0.4, -0.2) is 42.9 Å². The predicted octanol–water partition coefficient (Wildman–Crippen LogP) is 4.28. The van der Waals surface area contributed by atoms with Gasteiger partial charge in [0, 0.05) is 25.0 Å². The van der Waals surface area contributed by atoms with Crippen LogP contribution in [0.25, 0.3) is 0 Å². The molecule has 1 heterocycles. The monoisotopic (exact) mass is 342 g/mol. The van der Waals surface area contributed by atoms with Gasteiger partial charge in [0.05, 0.1) is 0 Å². The summed E-state index contributed by atoms with van der Waals surface area (Å²) in [6.45, 7) is 8.50. The first-order chi connectivity index (χ1) is 11.7. The fourth-order valence-corrected chi connectivity index (χ4v) is 4.97. The van der Waals surface area contributed by atoms with Gasteiger partial charge in [0.2, 0.25) is 5.91 Å². The first-order valence-corrected chi connectivity index (χ1v) is 9.67. The maximum Gasteiger partial charge on any atom is 0.223 e. The van der Waals surface area contributed by atoms with Crippen LogP contribution >= 0.6 is 0 Å². The average molecular weight is 343 g/mol. The molecule has 138 valence electrons. The Morgan fingerprint density at radius 1 is 1.04 bits per heavy atom. The second kappa shape index (κ2) is 6.42. The molecule has 25 heavy (non-hydrogen) atoms. The van der Waals surface area contributed by atoms with E-state index >= 15 is 0 Å². The molecular formula is C22H34N2O. The summed E-state index contributed by atoms with van der Waals surface area (Å²) >= 11 is 0. The van der Waals surface area contributed by atoms with Crippen LogP contribution in [0.3, 0.4) is 0 Å². The van der Waals surface area contributed by atoms with Crippen LogP contribution in [0.4, 0.5) is 0 Å². The predicted molar refractivity (Wildman–Crippen MR) is 103 cm³/mol. The molecule has 2 aliphatic rings. The summed E-state index contributed by atoms with van der Waals surface area (Å²) in [5.74, 6) is 0.368. The molecule has 1 aromatic rings. The number of benzene rings is 1. The largest absolute Gasteiger partial charge is 0.342 e. The van der Waals surface area contributed by atoms with E-state index in [-0.39, 0.29) is 16.4 Å². The Labute approximate surface area is 153 Å². The molecule has 1 aromatic carbocycles. The van der Waals surface area contributed by atoms with Gasteiger partial charge in [-0.3, -0.25) is 9.69 Å². The number of carbonyl (C=O) groups excluding carboxylic acids is 1. The van der Waals surface area contributed by atoms with Gasteiger partial charge in [0.25, 0.3) is 0 Å². The van der Waals surface area contributed by atoms with Gasteiger partial charge in [0.15, 0.2) is 0 Å². The first-order valence-electron chi connectivity index (χ1n) is 9.67. The molecule has 1 aliphatic heterocycles. The molecule has 1 saturated heterocycles. The SMILES string of the molecule is CN(C)C1(c2ccccc2)CCC2(CC1)CC(=O)N(CC(C)(C)C)C2. The highest BCUT2D eigenvalue weighted by Gasteiger charge is 2.50. The number of hydrogen-bond donors (Lipinski definition) is 0. The Kier molecular flexibility index (Phi) is 4.74. The van der Waals surface area contributed by atoms with Crippen LogP contribution in [0.15, 0.2) is 30.3 Å². The van der Waals surface area contributed by atoms with Crippen LogP contribution in [0, 0.1) is 10.8 Å². The second-order valence-corrected chi connectivity index (χ2v) is 9.78. The van der Waals surface area contributed by atoms with E-state index in [4.69, 9.17) is 0 Å². The number of likely N-dealkylation sites (tertiary alicyclic amines) is 1. The zero-order valence-electron chi connectivity index (χ0n) is 16.6. The van der Waals surface area contributed by atoms with Gasteiger partial charge in [-0.2, -0.15) is 0 Å². The topological polar surface area (TPSA) is 23.6 Å². The molecule has 1 saturated carbocycles. The summed E-state index contributed by atoms with van der Waals surface area (Å²) < 4.78 is 0. The van der Waals surface area contributed by atoms with Gasteiger partial charge >= 0.3 is 0 Å². The maximum absolute atomic E-state index is 12.6. The van der Waals surface area contributed by atoms with Crippen LogP contribution < -0.4 is 0 Å². The molecule has 0 unspecified atom stereocenters. The van der Waals surface area contributed by atoms with Crippen molar-refractivity contribution in [2.45, 2.75) is 58.4 Å². The smallest absolute Gasteiger partial charge is 0.223 e. The van der Waals surface area contributed by atoms with Crippen molar-refractivity contribution in [3.63, 3.8) is 0 Å². The molecule has 0 N–H and O–H groups in total. The molecule has 1 aliphatic carbocycles. The van der Waals surface area contributed by atoms with E-state index in [2.05, 4.69) is 75.0 Å². The standard InChI is InChI=1S/C22H34N2O/c1-20(2,3)16-24-17-21(15-19(24)25)11-13-22(14-12-21,23(4)5)18-9-7-6-8-10-18/h6-10H,11-17H2,1-5H3. The van der Waals surface area contributed by atoms with Gasteiger partial charge in [-0.25, -0.2) is 0 Å². The van der Waals surface area contributed by atoms with Crippen LogP contribution in [-0.2, 0) is 10.3 Å². The Bertz CT molecular complexity index is 607. The fraction of sp³-hybridized carbons (Fsp3) is 0.682. The van der Waals surface area contributed by atoms with Crippen molar-refractivity contribution in [3.05, 3.63) is 35.9 Å². The van der Waals surface area contributed by atoms with Crippen molar-refractivity contribution in [2.24, 2.45) is 10.8 Å². The van der Waals surface area contributed by atoms with Crippen LogP contribution in [0.5, 0.6) is 0 Å². The molecule has 3 heteroatoms. The van der Waals surface area contributed by atoms with Crippen molar-refractivity contribution in [3.8, 4) is 0 Å². The molecule has 1 amide bonds. The van der Waals surface area contributed by atoms with Gasteiger partial charge in [-0.05, 0) is 56.2 Å². The number of amides is 1. The molecular weight excluding hydrogens is 308 g/mol. The molecule has 3 rings (SSSR count). The Morgan fingerprint density at radius 2 is 1.64 bits per heavy atom. The van der Waals surface area contributed by atoms with Crippen molar-refractivity contribution in [1.82, 2.24) is 9.80 Å². The third-order valence-electron chi connectivity index (χ3n) is 6.38. The fourth-order valence-electron chi connectivity index (χ4n) is 4.97. The van der Waals surface area contributed by atoms with Crippen LogP contribution in [0.2, 0.25) is 0 Å². The highest BCUT2D eigenvalue weighted by atomic mass is 16.2. The lowest BCUT2D eigenvalue weighted by Gasteiger charge is -2.49. The Balaban J connectivity index is 1.76. The summed E-state index contributed by atoms with van der Waals surface area (Å²) in [4.78, 5) is 17.1. The van der Waals surface area contributed by atoms with Crippen molar-refractivity contribution < 1.29 is 4.79 Å². The third kappa shape index (κ3) is 3.62. The highest BCUT2D eigenvalue weighted by molar-refractivity contribution is 5.79. The third-order valence-corrected chi connectivity index (χ3v) is 6.38. The molecule has 3 nitrogen and oxygen atoms in total. The second-order valence-electron chi connectivity index (χ2n) is 9.78. The van der Waals surface area contributed by atoms with E-state index in [9.17, 15) is 4.79 Å². The molecule has 0 bridgehead atoms. The van der Waals surface area contributed by atoms with Crippen molar-refractivity contribution >= 4 is 5.91 Å². The van der Waals surface area contributed by atoms with E-state index < -0.39 is 0 Å². The maximum atomic E-state index is 12.6. The van der Waals surface area contributed by atoms with Crippen molar-refractivity contribution in [2.75, 3.05) is 27.2 Å². The number of hydrogen-bond acceptors (Lipinski definition) is 2. The number of nitrogens with zero attached hydrogens (tertiary/aromatic N) is 2. The van der Waals surface area contributed by atoms with E-state index in [1.807, 2.05) is 0 Å². The highest BCUT2D eigenvalue weighted by Crippen LogP contribution is 2.52.